The van der Waals surface area contributed by atoms with Crippen LogP contribution in [0.1, 0.15) is 0 Å². The summed E-state index contributed by atoms with van der Waals surface area (Å²) < 4.78 is 35.0. The number of fused-ring (bicyclic) bond motifs is 2. The van der Waals surface area contributed by atoms with Crippen LogP contribution >= 0.6 is 11.3 Å². The smallest absolute Gasteiger partial charge is 0.395 e. The second-order valence-electron chi connectivity index (χ2n) is 3.20. The summed E-state index contributed by atoms with van der Waals surface area (Å²) in [5, 5.41) is 3.60. The SMILES string of the molecule is CNc1nc2cc3c(cc2s1)OC(F)(F)O3. The molecule has 0 unspecified atom stereocenters. The number of halogens is 2. The van der Waals surface area contributed by atoms with Crippen molar-refractivity contribution in [3.63, 3.8) is 0 Å². The summed E-state index contributed by atoms with van der Waals surface area (Å²) in [6.45, 7) is 0. The molecule has 1 aromatic carbocycles. The maximum absolute atomic E-state index is 12.8. The molecule has 16 heavy (non-hydrogen) atoms. The zero-order chi connectivity index (χ0) is 11.3. The highest BCUT2D eigenvalue weighted by Crippen LogP contribution is 2.44. The fourth-order valence-corrected chi connectivity index (χ4v) is 2.31. The molecule has 0 spiro atoms. The van der Waals surface area contributed by atoms with Gasteiger partial charge in [-0.05, 0) is 0 Å². The maximum Gasteiger partial charge on any atom is 0.586 e. The average molecular weight is 244 g/mol. The molecule has 0 bridgehead atoms. The van der Waals surface area contributed by atoms with Crippen LogP contribution in [0.25, 0.3) is 10.2 Å². The summed E-state index contributed by atoms with van der Waals surface area (Å²) in [7, 11) is 1.74. The molecule has 1 N–H and O–H groups in total. The van der Waals surface area contributed by atoms with Crippen LogP contribution in [0.2, 0.25) is 0 Å². The van der Waals surface area contributed by atoms with Crippen LogP contribution < -0.4 is 14.8 Å². The van der Waals surface area contributed by atoms with Gasteiger partial charge in [-0.25, -0.2) is 4.98 Å². The Labute approximate surface area is 92.8 Å². The lowest BCUT2D eigenvalue weighted by Crippen LogP contribution is -2.25. The first-order chi connectivity index (χ1) is 7.57. The molecule has 84 valence electrons. The first kappa shape index (κ1) is 9.59. The molecular weight excluding hydrogens is 238 g/mol. The molecule has 1 aliphatic rings. The predicted molar refractivity (Wildman–Crippen MR) is 55.4 cm³/mol. The molecule has 7 heteroatoms. The zero-order valence-electron chi connectivity index (χ0n) is 8.08. The van der Waals surface area contributed by atoms with Crippen LogP contribution in [-0.4, -0.2) is 18.3 Å². The van der Waals surface area contributed by atoms with Crippen LogP contribution in [0.15, 0.2) is 12.1 Å². The monoisotopic (exact) mass is 244 g/mol. The summed E-state index contributed by atoms with van der Waals surface area (Å²) in [6, 6.07) is 2.95. The van der Waals surface area contributed by atoms with Crippen molar-refractivity contribution in [3.05, 3.63) is 12.1 Å². The lowest BCUT2D eigenvalue weighted by Gasteiger charge is -2.04. The Kier molecular flexibility index (Phi) is 1.76. The molecule has 0 aliphatic carbocycles. The molecule has 0 radical (unpaired) electrons. The highest BCUT2D eigenvalue weighted by Gasteiger charge is 2.43. The fourth-order valence-electron chi connectivity index (χ4n) is 1.48. The molecule has 2 aromatic rings. The summed E-state index contributed by atoms with van der Waals surface area (Å²) >= 11 is 1.36. The number of aromatic nitrogens is 1. The summed E-state index contributed by atoms with van der Waals surface area (Å²) in [6.07, 6.45) is -3.57. The maximum atomic E-state index is 12.8. The second-order valence-corrected chi connectivity index (χ2v) is 4.23. The number of nitrogens with one attached hydrogen (secondary N) is 1. The quantitative estimate of drug-likeness (QED) is 0.837. The number of thiazole rings is 1. The van der Waals surface area contributed by atoms with Gasteiger partial charge in [-0.15, -0.1) is 8.78 Å². The third-order valence-electron chi connectivity index (χ3n) is 2.13. The number of rotatable bonds is 1. The molecule has 1 aromatic heterocycles. The van der Waals surface area contributed by atoms with E-state index in [2.05, 4.69) is 19.8 Å². The van der Waals surface area contributed by atoms with E-state index < -0.39 is 6.29 Å². The van der Waals surface area contributed by atoms with E-state index in [-0.39, 0.29) is 11.5 Å². The summed E-state index contributed by atoms with van der Waals surface area (Å²) in [5.74, 6) is 0.0641. The second kappa shape index (κ2) is 2.94. The molecule has 0 amide bonds. The Morgan fingerprint density at radius 2 is 2.00 bits per heavy atom. The summed E-state index contributed by atoms with van der Waals surface area (Å²) in [4.78, 5) is 4.18. The number of benzene rings is 1. The standard InChI is InChI=1S/C9H6F2N2O2S/c1-12-8-13-4-2-5-6(3-7(4)16-8)15-9(10,11)14-5/h2-3H,1H3,(H,12,13). The van der Waals surface area contributed by atoms with Crippen molar-refractivity contribution in [2.75, 3.05) is 12.4 Å². The minimum Gasteiger partial charge on any atom is -0.395 e. The van der Waals surface area contributed by atoms with Gasteiger partial charge in [0.1, 0.15) is 0 Å². The lowest BCUT2D eigenvalue weighted by atomic mass is 10.3. The van der Waals surface area contributed by atoms with Gasteiger partial charge < -0.3 is 14.8 Å². The number of hydrogen-bond donors (Lipinski definition) is 1. The van der Waals surface area contributed by atoms with Crippen molar-refractivity contribution in [3.8, 4) is 11.5 Å². The zero-order valence-corrected chi connectivity index (χ0v) is 8.90. The highest BCUT2D eigenvalue weighted by atomic mass is 32.1. The van der Waals surface area contributed by atoms with E-state index in [1.54, 1.807) is 7.05 Å². The van der Waals surface area contributed by atoms with Gasteiger partial charge in [-0.2, -0.15) is 0 Å². The third-order valence-corrected chi connectivity index (χ3v) is 3.16. The van der Waals surface area contributed by atoms with Gasteiger partial charge in [0.2, 0.25) is 0 Å². The van der Waals surface area contributed by atoms with Gasteiger partial charge >= 0.3 is 6.29 Å². The Morgan fingerprint density at radius 3 is 2.69 bits per heavy atom. The van der Waals surface area contributed by atoms with Crippen LogP contribution in [0.4, 0.5) is 13.9 Å². The molecule has 0 fully saturated rings. The van der Waals surface area contributed by atoms with Crippen LogP contribution in [-0.2, 0) is 0 Å². The number of anilines is 1. The van der Waals surface area contributed by atoms with E-state index in [0.29, 0.717) is 10.6 Å². The molecule has 3 rings (SSSR count). The Hall–Kier alpha value is -1.63. The van der Waals surface area contributed by atoms with Crippen LogP contribution in [0.5, 0.6) is 11.5 Å². The Bertz CT molecular complexity index is 525. The molecule has 0 saturated carbocycles. The van der Waals surface area contributed by atoms with Gasteiger partial charge in [-0.1, -0.05) is 11.3 Å². The van der Waals surface area contributed by atoms with Crippen LogP contribution in [0.3, 0.4) is 0 Å². The lowest BCUT2D eigenvalue weighted by molar-refractivity contribution is -0.286. The van der Waals surface area contributed by atoms with Crippen molar-refractivity contribution < 1.29 is 18.3 Å². The van der Waals surface area contributed by atoms with Crippen molar-refractivity contribution >= 4 is 26.7 Å². The first-order valence-electron chi connectivity index (χ1n) is 4.45. The van der Waals surface area contributed by atoms with Gasteiger partial charge in [0, 0.05) is 19.2 Å². The van der Waals surface area contributed by atoms with E-state index in [9.17, 15) is 8.78 Å². The predicted octanol–water partition coefficient (Wildman–Crippen LogP) is 2.66. The number of ether oxygens (including phenoxy) is 2. The highest BCUT2D eigenvalue weighted by molar-refractivity contribution is 7.22. The minimum absolute atomic E-state index is 0.0189. The molecule has 2 heterocycles. The minimum atomic E-state index is -3.57. The van der Waals surface area contributed by atoms with E-state index >= 15 is 0 Å². The van der Waals surface area contributed by atoms with E-state index in [1.165, 1.54) is 23.5 Å². The van der Waals surface area contributed by atoms with E-state index in [1.807, 2.05) is 0 Å². The molecule has 0 atom stereocenters. The Balaban J connectivity index is 2.15. The van der Waals surface area contributed by atoms with Gasteiger partial charge in [0.25, 0.3) is 0 Å². The number of hydrogen-bond acceptors (Lipinski definition) is 5. The molecule has 1 aliphatic heterocycles. The average Bonchev–Trinajstić information content (AvgIpc) is 2.70. The molecule has 0 saturated heterocycles. The van der Waals surface area contributed by atoms with E-state index in [4.69, 9.17) is 0 Å². The van der Waals surface area contributed by atoms with Gasteiger partial charge in [-0.3, -0.25) is 0 Å². The summed E-state index contributed by atoms with van der Waals surface area (Å²) in [5.41, 5.74) is 0.606. The Morgan fingerprint density at radius 1 is 1.31 bits per heavy atom. The topological polar surface area (TPSA) is 43.4 Å². The number of alkyl halides is 2. The fraction of sp³-hybridized carbons (Fsp3) is 0.222. The van der Waals surface area contributed by atoms with Gasteiger partial charge in [0.05, 0.1) is 10.2 Å². The van der Waals surface area contributed by atoms with E-state index in [0.717, 1.165) is 4.70 Å². The van der Waals surface area contributed by atoms with Gasteiger partial charge in [0.15, 0.2) is 16.6 Å². The normalized spacial score (nSPS) is 16.7. The first-order valence-corrected chi connectivity index (χ1v) is 5.27. The number of nitrogens with zero attached hydrogens (tertiary/aromatic N) is 1. The third kappa shape index (κ3) is 1.35. The van der Waals surface area contributed by atoms with Crippen molar-refractivity contribution in [1.82, 2.24) is 4.98 Å². The van der Waals surface area contributed by atoms with Crippen molar-refractivity contribution in [2.45, 2.75) is 6.29 Å². The van der Waals surface area contributed by atoms with Crippen molar-refractivity contribution in [1.29, 1.82) is 0 Å². The van der Waals surface area contributed by atoms with Crippen molar-refractivity contribution in [2.24, 2.45) is 0 Å². The molecular formula is C9H6F2N2O2S. The molecule has 4 nitrogen and oxygen atoms in total. The van der Waals surface area contributed by atoms with Crippen LogP contribution in [0, 0.1) is 0 Å². The largest absolute Gasteiger partial charge is 0.586 e.